The van der Waals surface area contributed by atoms with Gasteiger partial charge in [-0.25, -0.2) is 0 Å². The molecule has 0 heterocycles. The smallest absolute Gasteiger partial charge is 0.305 e. The van der Waals surface area contributed by atoms with Crippen LogP contribution in [0.2, 0.25) is 5.02 Å². The molecule has 2 aromatic rings. The van der Waals surface area contributed by atoms with E-state index < -0.39 is 0 Å². The zero-order valence-corrected chi connectivity index (χ0v) is 17.0. The molecule has 0 saturated carbocycles. The second-order valence-corrected chi connectivity index (χ2v) is 7.02. The average molecular weight is 419 g/mol. The van der Waals surface area contributed by atoms with Crippen molar-refractivity contribution in [2.75, 3.05) is 11.9 Å². The number of anilines is 1. The lowest BCUT2D eigenvalue weighted by Gasteiger charge is -2.09. The fourth-order valence-electron chi connectivity index (χ4n) is 2.49. The van der Waals surface area contributed by atoms with Crippen LogP contribution in [0.1, 0.15) is 31.2 Å². The maximum Gasteiger partial charge on any atom is 0.305 e. The summed E-state index contributed by atoms with van der Waals surface area (Å²) < 4.78 is 5.20. The van der Waals surface area contributed by atoms with Gasteiger partial charge in [0.15, 0.2) is 5.11 Å². The van der Waals surface area contributed by atoms with Crippen molar-refractivity contribution in [1.29, 1.82) is 0 Å². The third kappa shape index (κ3) is 8.97. The standard InChI is InChI=1S/C21H23ClN2O3S/c22-17-10-4-11-18(15-17)23-21(28)24-19(25)12-5-13-20(26)27-14-6-9-16-7-2-1-3-8-16/h1-4,7-8,10-11,15H,5-6,9,12-14H2,(H2,23,24,25,28). The fraction of sp³-hybridized carbons (Fsp3) is 0.286. The lowest BCUT2D eigenvalue weighted by molar-refractivity contribution is -0.143. The zero-order chi connectivity index (χ0) is 20.2. The molecule has 0 aliphatic carbocycles. The van der Waals surface area contributed by atoms with Gasteiger partial charge >= 0.3 is 5.97 Å². The average Bonchev–Trinajstić information content (AvgIpc) is 2.66. The number of carbonyl (C=O) groups is 2. The summed E-state index contributed by atoms with van der Waals surface area (Å²) >= 11 is 11.0. The molecule has 28 heavy (non-hydrogen) atoms. The van der Waals surface area contributed by atoms with Crippen LogP contribution in [0.4, 0.5) is 5.69 Å². The van der Waals surface area contributed by atoms with Gasteiger partial charge in [0.25, 0.3) is 0 Å². The van der Waals surface area contributed by atoms with Crippen molar-refractivity contribution < 1.29 is 14.3 Å². The first-order valence-corrected chi connectivity index (χ1v) is 9.87. The lowest BCUT2D eigenvalue weighted by Crippen LogP contribution is -2.34. The van der Waals surface area contributed by atoms with E-state index in [1.807, 2.05) is 30.3 Å². The summed E-state index contributed by atoms with van der Waals surface area (Å²) in [6.07, 6.45) is 2.44. The highest BCUT2D eigenvalue weighted by Gasteiger charge is 2.08. The molecular weight excluding hydrogens is 396 g/mol. The fourth-order valence-corrected chi connectivity index (χ4v) is 2.91. The maximum atomic E-state index is 11.9. The number of ether oxygens (including phenoxy) is 1. The van der Waals surface area contributed by atoms with Crippen molar-refractivity contribution in [2.24, 2.45) is 0 Å². The van der Waals surface area contributed by atoms with Crippen molar-refractivity contribution in [3.63, 3.8) is 0 Å². The number of amides is 1. The molecular formula is C21H23ClN2O3S. The number of rotatable bonds is 9. The predicted molar refractivity (Wildman–Crippen MR) is 115 cm³/mol. The summed E-state index contributed by atoms with van der Waals surface area (Å²) in [5, 5.41) is 6.22. The first kappa shape index (κ1) is 21.9. The molecule has 0 saturated heterocycles. The quantitative estimate of drug-likeness (QED) is 0.356. The van der Waals surface area contributed by atoms with E-state index in [2.05, 4.69) is 10.6 Å². The number of hydrogen-bond acceptors (Lipinski definition) is 4. The Bertz CT molecular complexity index is 799. The molecule has 0 radical (unpaired) electrons. The second kappa shape index (κ2) is 12.1. The Balaban J connectivity index is 1.54. The molecule has 0 unspecified atom stereocenters. The molecule has 0 aliphatic heterocycles. The molecule has 0 bridgehead atoms. The minimum atomic E-state index is -0.291. The van der Waals surface area contributed by atoms with Gasteiger partial charge in [-0.3, -0.25) is 9.59 Å². The topological polar surface area (TPSA) is 67.4 Å². The van der Waals surface area contributed by atoms with E-state index >= 15 is 0 Å². The molecule has 5 nitrogen and oxygen atoms in total. The van der Waals surface area contributed by atoms with Crippen molar-refractivity contribution in [2.45, 2.75) is 32.1 Å². The van der Waals surface area contributed by atoms with Crippen molar-refractivity contribution >= 4 is 46.5 Å². The largest absolute Gasteiger partial charge is 0.466 e. The van der Waals surface area contributed by atoms with Crippen LogP contribution in [0.3, 0.4) is 0 Å². The highest BCUT2D eigenvalue weighted by atomic mass is 35.5. The van der Waals surface area contributed by atoms with E-state index in [1.54, 1.807) is 24.3 Å². The summed E-state index contributed by atoms with van der Waals surface area (Å²) in [4.78, 5) is 23.6. The van der Waals surface area contributed by atoms with E-state index in [1.165, 1.54) is 5.56 Å². The van der Waals surface area contributed by atoms with Gasteiger partial charge in [0.05, 0.1) is 6.61 Å². The van der Waals surface area contributed by atoms with Crippen LogP contribution in [0.5, 0.6) is 0 Å². The second-order valence-electron chi connectivity index (χ2n) is 6.18. The highest BCUT2D eigenvalue weighted by molar-refractivity contribution is 7.80. The maximum absolute atomic E-state index is 11.9. The minimum Gasteiger partial charge on any atom is -0.466 e. The molecule has 2 rings (SSSR count). The lowest BCUT2D eigenvalue weighted by atomic mass is 10.1. The normalized spacial score (nSPS) is 10.2. The monoisotopic (exact) mass is 418 g/mol. The van der Waals surface area contributed by atoms with Gasteiger partial charge in [0, 0.05) is 23.6 Å². The van der Waals surface area contributed by atoms with E-state index in [4.69, 9.17) is 28.6 Å². The molecule has 0 fully saturated rings. The van der Waals surface area contributed by atoms with E-state index in [-0.39, 0.29) is 29.8 Å². The summed E-state index contributed by atoms with van der Waals surface area (Å²) in [6, 6.07) is 17.1. The summed E-state index contributed by atoms with van der Waals surface area (Å²) in [6.45, 7) is 0.383. The van der Waals surface area contributed by atoms with Gasteiger partial charge in [-0.1, -0.05) is 48.0 Å². The van der Waals surface area contributed by atoms with Crippen LogP contribution in [-0.2, 0) is 20.7 Å². The predicted octanol–water partition coefficient (Wildman–Crippen LogP) is 4.50. The van der Waals surface area contributed by atoms with Gasteiger partial charge in [0.1, 0.15) is 0 Å². The number of halogens is 1. The molecule has 0 atom stereocenters. The van der Waals surface area contributed by atoms with Gasteiger partial charge in [-0.15, -0.1) is 0 Å². The van der Waals surface area contributed by atoms with Crippen LogP contribution >= 0.6 is 23.8 Å². The van der Waals surface area contributed by atoms with Crippen LogP contribution < -0.4 is 10.6 Å². The third-order valence-electron chi connectivity index (χ3n) is 3.84. The first-order valence-electron chi connectivity index (χ1n) is 9.09. The first-order chi connectivity index (χ1) is 13.5. The molecule has 1 amide bonds. The van der Waals surface area contributed by atoms with Crippen molar-refractivity contribution in [3.8, 4) is 0 Å². The summed E-state index contributed by atoms with van der Waals surface area (Å²) in [7, 11) is 0. The Morgan fingerprint density at radius 3 is 2.54 bits per heavy atom. The highest BCUT2D eigenvalue weighted by Crippen LogP contribution is 2.14. The van der Waals surface area contributed by atoms with E-state index in [9.17, 15) is 9.59 Å². The SMILES string of the molecule is O=C(CCCC(=O)OCCCc1ccccc1)NC(=S)Nc1cccc(Cl)c1. The van der Waals surface area contributed by atoms with Gasteiger partial charge in [-0.2, -0.15) is 0 Å². The number of esters is 1. The Labute approximate surface area is 175 Å². The van der Waals surface area contributed by atoms with E-state index in [0.29, 0.717) is 23.7 Å². The van der Waals surface area contributed by atoms with Crippen molar-refractivity contribution in [1.82, 2.24) is 5.32 Å². The van der Waals surface area contributed by atoms with Crippen LogP contribution in [0.15, 0.2) is 54.6 Å². The van der Waals surface area contributed by atoms with Crippen LogP contribution in [-0.4, -0.2) is 23.6 Å². The minimum absolute atomic E-state index is 0.191. The number of nitrogens with one attached hydrogen (secondary N) is 2. The molecule has 0 aromatic heterocycles. The number of thiocarbonyl (C=S) groups is 1. The molecule has 148 valence electrons. The Hall–Kier alpha value is -2.44. The molecule has 2 aromatic carbocycles. The van der Waals surface area contributed by atoms with Gasteiger partial charge in [0.2, 0.25) is 5.91 Å². The number of carbonyl (C=O) groups excluding carboxylic acids is 2. The molecule has 7 heteroatoms. The molecule has 2 N–H and O–H groups in total. The number of benzene rings is 2. The van der Waals surface area contributed by atoms with Gasteiger partial charge in [-0.05, 0) is 55.2 Å². The van der Waals surface area contributed by atoms with Crippen molar-refractivity contribution in [3.05, 3.63) is 65.2 Å². The van der Waals surface area contributed by atoms with Gasteiger partial charge < -0.3 is 15.4 Å². The third-order valence-corrected chi connectivity index (χ3v) is 4.28. The summed E-state index contributed by atoms with van der Waals surface area (Å²) in [5.74, 6) is -0.545. The molecule has 0 spiro atoms. The zero-order valence-electron chi connectivity index (χ0n) is 15.4. The van der Waals surface area contributed by atoms with Crippen LogP contribution in [0.25, 0.3) is 0 Å². The number of aryl methyl sites for hydroxylation is 1. The van der Waals surface area contributed by atoms with Crippen LogP contribution in [0, 0.1) is 0 Å². The Morgan fingerprint density at radius 2 is 1.79 bits per heavy atom. The Morgan fingerprint density at radius 1 is 1.00 bits per heavy atom. The molecule has 0 aliphatic rings. The number of hydrogen-bond donors (Lipinski definition) is 2. The van der Waals surface area contributed by atoms with E-state index in [0.717, 1.165) is 12.8 Å². The Kier molecular flexibility index (Phi) is 9.45. The summed E-state index contributed by atoms with van der Waals surface area (Å²) in [5.41, 5.74) is 1.91.